The molecule has 0 aliphatic heterocycles. The first-order chi connectivity index (χ1) is 23.7. The van der Waals surface area contributed by atoms with Crippen LogP contribution in [0.5, 0.6) is 0 Å². The van der Waals surface area contributed by atoms with Gasteiger partial charge in [0.15, 0.2) is 0 Å². The SMILES string of the molecule is CCOC(=O)CC[C@H](C)NC(=O)C(C)(C)NC(=O)[C@H](CC(C)C)NC(=O)CC[C@H](C)NC(=O)C(C)(C)NC(=O)[C@H](CC(C)C)NC(=O)OC(C)(C)C. The van der Waals surface area contributed by atoms with E-state index in [4.69, 9.17) is 9.47 Å². The number of nitrogens with one attached hydrogen (secondary N) is 6. The van der Waals surface area contributed by atoms with Gasteiger partial charge in [-0.2, -0.15) is 0 Å². The Morgan fingerprint density at radius 3 is 1.37 bits per heavy atom. The molecule has 0 saturated heterocycles. The van der Waals surface area contributed by atoms with Crippen LogP contribution in [-0.2, 0) is 38.2 Å². The van der Waals surface area contributed by atoms with Gasteiger partial charge in [0, 0.05) is 24.9 Å². The van der Waals surface area contributed by atoms with Gasteiger partial charge in [0.1, 0.15) is 28.8 Å². The number of amides is 6. The molecule has 52 heavy (non-hydrogen) atoms. The lowest BCUT2D eigenvalue weighted by Gasteiger charge is -2.30. The highest BCUT2D eigenvalue weighted by Crippen LogP contribution is 2.13. The maximum absolute atomic E-state index is 13.3. The molecule has 15 nitrogen and oxygen atoms in total. The van der Waals surface area contributed by atoms with E-state index in [0.29, 0.717) is 19.3 Å². The fourth-order valence-electron chi connectivity index (χ4n) is 4.89. The summed E-state index contributed by atoms with van der Waals surface area (Å²) in [6, 6.07) is -2.64. The molecule has 15 heteroatoms. The Balaban J connectivity index is 5.27. The average Bonchev–Trinajstić information content (AvgIpc) is 2.96. The quantitative estimate of drug-likeness (QED) is 0.0952. The van der Waals surface area contributed by atoms with E-state index >= 15 is 0 Å². The fraction of sp³-hybridized carbons (Fsp3) is 0.811. The topological polar surface area (TPSA) is 210 Å². The van der Waals surface area contributed by atoms with Crippen LogP contribution in [-0.4, -0.2) is 89.1 Å². The van der Waals surface area contributed by atoms with E-state index in [1.165, 1.54) is 0 Å². The number of hydrogen-bond donors (Lipinski definition) is 6. The summed E-state index contributed by atoms with van der Waals surface area (Å²) in [4.78, 5) is 89.8. The van der Waals surface area contributed by atoms with Crippen molar-refractivity contribution < 1.29 is 43.0 Å². The molecule has 0 aromatic carbocycles. The highest BCUT2D eigenvalue weighted by atomic mass is 16.6. The van der Waals surface area contributed by atoms with Gasteiger partial charge in [-0.1, -0.05) is 27.7 Å². The molecule has 0 bridgehead atoms. The molecule has 6 N–H and O–H groups in total. The Morgan fingerprint density at radius 2 is 0.981 bits per heavy atom. The van der Waals surface area contributed by atoms with Crippen molar-refractivity contribution in [2.24, 2.45) is 11.8 Å². The van der Waals surface area contributed by atoms with Crippen LogP contribution in [0.1, 0.15) is 135 Å². The van der Waals surface area contributed by atoms with Crippen LogP contribution < -0.4 is 31.9 Å². The molecule has 0 aromatic heterocycles. The number of ether oxygens (including phenoxy) is 2. The number of hydrogen-bond acceptors (Lipinski definition) is 9. The number of alkyl carbamates (subject to hydrolysis) is 1. The van der Waals surface area contributed by atoms with E-state index in [2.05, 4.69) is 31.9 Å². The van der Waals surface area contributed by atoms with Crippen LogP contribution in [0.2, 0.25) is 0 Å². The Bertz CT molecular complexity index is 1230. The Morgan fingerprint density at radius 1 is 0.577 bits per heavy atom. The summed E-state index contributed by atoms with van der Waals surface area (Å²) in [6.45, 7) is 24.5. The van der Waals surface area contributed by atoms with Gasteiger partial charge in [0.2, 0.25) is 29.5 Å². The molecule has 0 radical (unpaired) electrons. The molecule has 4 atom stereocenters. The van der Waals surface area contributed by atoms with Crippen LogP contribution >= 0.6 is 0 Å². The second-order valence-corrected chi connectivity index (χ2v) is 16.4. The van der Waals surface area contributed by atoms with Crippen molar-refractivity contribution in [1.82, 2.24) is 31.9 Å². The highest BCUT2D eigenvalue weighted by Gasteiger charge is 2.36. The van der Waals surface area contributed by atoms with Crippen molar-refractivity contribution in [2.45, 2.75) is 176 Å². The zero-order chi connectivity index (χ0) is 40.6. The van der Waals surface area contributed by atoms with E-state index in [9.17, 15) is 33.6 Å². The third-order valence-electron chi connectivity index (χ3n) is 7.73. The van der Waals surface area contributed by atoms with Crippen LogP contribution in [0.15, 0.2) is 0 Å². The Hall–Kier alpha value is -3.91. The summed E-state index contributed by atoms with van der Waals surface area (Å²) < 4.78 is 10.2. The van der Waals surface area contributed by atoms with Crippen molar-refractivity contribution in [3.63, 3.8) is 0 Å². The molecule has 300 valence electrons. The van der Waals surface area contributed by atoms with Crippen molar-refractivity contribution in [3.8, 4) is 0 Å². The van der Waals surface area contributed by atoms with Crippen molar-refractivity contribution in [2.75, 3.05) is 6.61 Å². The van der Waals surface area contributed by atoms with Crippen molar-refractivity contribution in [1.29, 1.82) is 0 Å². The lowest BCUT2D eigenvalue weighted by atomic mass is 9.98. The first-order valence-corrected chi connectivity index (χ1v) is 18.4. The van der Waals surface area contributed by atoms with E-state index in [-0.39, 0.29) is 49.7 Å². The second kappa shape index (κ2) is 21.6. The molecule has 0 aliphatic rings. The summed E-state index contributed by atoms with van der Waals surface area (Å²) in [5.74, 6) is -2.63. The average molecular weight is 741 g/mol. The molecular weight excluding hydrogens is 672 g/mol. The van der Waals surface area contributed by atoms with Crippen molar-refractivity contribution in [3.05, 3.63) is 0 Å². The Kier molecular flexibility index (Phi) is 20.0. The molecule has 0 aromatic rings. The lowest BCUT2D eigenvalue weighted by Crippen LogP contribution is -2.60. The smallest absolute Gasteiger partial charge is 0.408 e. The summed E-state index contributed by atoms with van der Waals surface area (Å²) in [6.07, 6.45) is 0.671. The van der Waals surface area contributed by atoms with Gasteiger partial charge in [-0.15, -0.1) is 0 Å². The zero-order valence-corrected chi connectivity index (χ0v) is 34.1. The first kappa shape index (κ1) is 48.1. The van der Waals surface area contributed by atoms with E-state index < -0.39 is 70.4 Å². The van der Waals surface area contributed by atoms with E-state index in [1.807, 2.05) is 27.7 Å². The highest BCUT2D eigenvalue weighted by molar-refractivity contribution is 5.95. The predicted octanol–water partition coefficient (Wildman–Crippen LogP) is 3.38. The van der Waals surface area contributed by atoms with Gasteiger partial charge in [-0.05, 0) is 107 Å². The molecule has 6 amide bonds. The standard InChI is InChI=1S/C37H68N6O9/c1-15-51-29(45)19-17-25(7)39-33(49)36(11,12)42-30(46)26(20-22(2)3)40-28(44)18-16-24(6)38-32(48)37(13,14)43-31(47)27(21-23(4)5)41-34(50)52-35(8,9)10/h22-27H,15-21H2,1-14H3,(H,38,48)(H,39,49)(H,40,44)(H,41,50)(H,42,46)(H,43,47)/t24-,25-,26-,27-/m0/s1. The predicted molar refractivity (Wildman–Crippen MR) is 199 cm³/mol. The van der Waals surface area contributed by atoms with Crippen LogP contribution in [0.25, 0.3) is 0 Å². The molecule has 0 heterocycles. The molecule has 0 spiro atoms. The number of rotatable bonds is 21. The number of esters is 1. The summed E-state index contributed by atoms with van der Waals surface area (Å²) in [5, 5.41) is 16.5. The van der Waals surface area contributed by atoms with Gasteiger partial charge < -0.3 is 41.4 Å². The molecule has 0 unspecified atom stereocenters. The monoisotopic (exact) mass is 741 g/mol. The molecule has 0 saturated carbocycles. The summed E-state index contributed by atoms with van der Waals surface area (Å²) >= 11 is 0. The largest absolute Gasteiger partial charge is 0.466 e. The maximum Gasteiger partial charge on any atom is 0.408 e. The molecule has 0 fully saturated rings. The molecular formula is C37H68N6O9. The fourth-order valence-corrected chi connectivity index (χ4v) is 4.89. The minimum Gasteiger partial charge on any atom is -0.466 e. The van der Waals surface area contributed by atoms with Crippen LogP contribution in [0.3, 0.4) is 0 Å². The van der Waals surface area contributed by atoms with E-state index in [1.54, 1.807) is 69.2 Å². The van der Waals surface area contributed by atoms with Gasteiger partial charge in [-0.25, -0.2) is 4.79 Å². The number of carbonyl (C=O) groups excluding carboxylic acids is 7. The third-order valence-corrected chi connectivity index (χ3v) is 7.73. The van der Waals surface area contributed by atoms with Crippen LogP contribution in [0, 0.1) is 11.8 Å². The zero-order valence-electron chi connectivity index (χ0n) is 34.1. The lowest BCUT2D eigenvalue weighted by molar-refractivity contribution is -0.143. The van der Waals surface area contributed by atoms with Crippen LogP contribution in [0.4, 0.5) is 4.79 Å². The van der Waals surface area contributed by atoms with Gasteiger partial charge in [-0.3, -0.25) is 28.8 Å². The minimum absolute atomic E-state index is 0.00571. The van der Waals surface area contributed by atoms with Gasteiger partial charge in [0.25, 0.3) is 0 Å². The molecule has 0 rings (SSSR count). The Labute approximate surface area is 311 Å². The first-order valence-electron chi connectivity index (χ1n) is 18.4. The van der Waals surface area contributed by atoms with Crippen molar-refractivity contribution >= 4 is 41.6 Å². The van der Waals surface area contributed by atoms with E-state index in [0.717, 1.165) is 0 Å². The second-order valence-electron chi connectivity index (χ2n) is 16.4. The number of carbonyl (C=O) groups is 7. The van der Waals surface area contributed by atoms with Gasteiger partial charge in [0.05, 0.1) is 6.61 Å². The maximum atomic E-state index is 13.3. The summed E-state index contributed by atoms with van der Waals surface area (Å²) in [5.41, 5.74) is -3.41. The minimum atomic E-state index is -1.35. The third kappa shape index (κ3) is 20.2. The van der Waals surface area contributed by atoms with Gasteiger partial charge >= 0.3 is 12.1 Å². The molecule has 0 aliphatic carbocycles. The summed E-state index contributed by atoms with van der Waals surface area (Å²) in [7, 11) is 0. The normalized spacial score (nSPS) is 14.3.